The summed E-state index contributed by atoms with van der Waals surface area (Å²) in [5.41, 5.74) is 0. The molecule has 0 bridgehead atoms. The summed E-state index contributed by atoms with van der Waals surface area (Å²) in [6.45, 7) is 2.90. The molecule has 1 rings (SSSR count). The summed E-state index contributed by atoms with van der Waals surface area (Å²) in [4.78, 5) is 11.0. The van der Waals surface area contributed by atoms with E-state index in [0.29, 0.717) is 6.04 Å². The van der Waals surface area contributed by atoms with Crippen molar-refractivity contribution in [3.63, 3.8) is 0 Å². The maximum absolute atomic E-state index is 11.0. The Morgan fingerprint density at radius 2 is 2.27 bits per heavy atom. The van der Waals surface area contributed by atoms with Crippen molar-refractivity contribution in [2.45, 2.75) is 25.8 Å². The molecule has 3 nitrogen and oxygen atoms in total. The molecule has 1 unspecified atom stereocenters. The van der Waals surface area contributed by atoms with Crippen molar-refractivity contribution in [3.05, 3.63) is 0 Å². The standard InChI is InChI=1S/C8H15NO2/c1-6-3-4-7(5-9-6)8(10)11-2/h6-7,9H,3-5H2,1-2H3/t6?,7-/m1/s1. The zero-order valence-electron chi connectivity index (χ0n) is 7.09. The Morgan fingerprint density at radius 3 is 2.73 bits per heavy atom. The lowest BCUT2D eigenvalue weighted by Gasteiger charge is -2.25. The van der Waals surface area contributed by atoms with Crippen molar-refractivity contribution in [1.29, 1.82) is 0 Å². The van der Waals surface area contributed by atoms with Crippen LogP contribution in [0.3, 0.4) is 0 Å². The molecule has 1 saturated heterocycles. The Kier molecular flexibility index (Phi) is 2.88. The van der Waals surface area contributed by atoms with Crippen LogP contribution in [0, 0.1) is 5.92 Å². The van der Waals surface area contributed by atoms with Crippen molar-refractivity contribution in [3.8, 4) is 0 Å². The van der Waals surface area contributed by atoms with E-state index in [1.165, 1.54) is 7.11 Å². The highest BCUT2D eigenvalue weighted by atomic mass is 16.5. The number of ether oxygens (including phenoxy) is 1. The quantitative estimate of drug-likeness (QED) is 0.565. The van der Waals surface area contributed by atoms with Crippen molar-refractivity contribution in [1.82, 2.24) is 5.32 Å². The van der Waals surface area contributed by atoms with E-state index in [1.54, 1.807) is 0 Å². The van der Waals surface area contributed by atoms with Gasteiger partial charge in [0.2, 0.25) is 0 Å². The molecule has 0 aromatic rings. The molecule has 0 saturated carbocycles. The Morgan fingerprint density at radius 1 is 1.55 bits per heavy atom. The van der Waals surface area contributed by atoms with E-state index < -0.39 is 0 Å². The van der Waals surface area contributed by atoms with Crippen LogP contribution >= 0.6 is 0 Å². The molecule has 1 aliphatic heterocycles. The number of carbonyl (C=O) groups is 1. The van der Waals surface area contributed by atoms with E-state index in [-0.39, 0.29) is 11.9 Å². The van der Waals surface area contributed by atoms with E-state index in [0.717, 1.165) is 19.4 Å². The summed E-state index contributed by atoms with van der Waals surface area (Å²) >= 11 is 0. The smallest absolute Gasteiger partial charge is 0.309 e. The largest absolute Gasteiger partial charge is 0.469 e. The van der Waals surface area contributed by atoms with E-state index in [9.17, 15) is 4.79 Å². The van der Waals surface area contributed by atoms with Crippen molar-refractivity contribution < 1.29 is 9.53 Å². The lowest BCUT2D eigenvalue weighted by molar-refractivity contribution is -0.146. The molecule has 1 N–H and O–H groups in total. The van der Waals surface area contributed by atoms with E-state index in [1.807, 2.05) is 0 Å². The SMILES string of the molecule is COC(=O)[C@@H]1CCC(C)NC1. The van der Waals surface area contributed by atoms with Gasteiger partial charge in [0.1, 0.15) is 0 Å². The van der Waals surface area contributed by atoms with Crippen LogP contribution in [0.15, 0.2) is 0 Å². The first-order valence-electron chi connectivity index (χ1n) is 4.05. The molecule has 2 atom stereocenters. The number of hydrogen-bond donors (Lipinski definition) is 1. The second-order valence-corrected chi connectivity index (χ2v) is 3.11. The maximum Gasteiger partial charge on any atom is 0.309 e. The minimum atomic E-state index is -0.0793. The van der Waals surface area contributed by atoms with Crippen molar-refractivity contribution in [2.75, 3.05) is 13.7 Å². The van der Waals surface area contributed by atoms with Gasteiger partial charge in [0.15, 0.2) is 0 Å². The van der Waals surface area contributed by atoms with Gasteiger partial charge in [0.25, 0.3) is 0 Å². The topological polar surface area (TPSA) is 38.3 Å². The number of methoxy groups -OCH3 is 1. The molecule has 1 heterocycles. The van der Waals surface area contributed by atoms with Gasteiger partial charge in [-0.05, 0) is 19.8 Å². The summed E-state index contributed by atoms with van der Waals surface area (Å²) in [6.07, 6.45) is 2.03. The fourth-order valence-corrected chi connectivity index (χ4v) is 1.37. The number of piperidine rings is 1. The van der Waals surface area contributed by atoms with Gasteiger partial charge >= 0.3 is 5.97 Å². The number of rotatable bonds is 1. The molecule has 11 heavy (non-hydrogen) atoms. The highest BCUT2D eigenvalue weighted by Gasteiger charge is 2.23. The monoisotopic (exact) mass is 157 g/mol. The molecule has 0 amide bonds. The van der Waals surface area contributed by atoms with Gasteiger partial charge in [0.05, 0.1) is 13.0 Å². The average Bonchev–Trinajstić information content (AvgIpc) is 2.05. The van der Waals surface area contributed by atoms with Crippen molar-refractivity contribution in [2.24, 2.45) is 5.92 Å². The summed E-state index contributed by atoms with van der Waals surface area (Å²) in [5.74, 6) is 0.000556. The lowest BCUT2D eigenvalue weighted by Crippen LogP contribution is -2.40. The first kappa shape index (κ1) is 8.53. The number of carbonyl (C=O) groups excluding carboxylic acids is 1. The van der Waals surface area contributed by atoms with Gasteiger partial charge in [-0.15, -0.1) is 0 Å². The molecule has 0 aromatic heterocycles. The second-order valence-electron chi connectivity index (χ2n) is 3.11. The van der Waals surface area contributed by atoms with Gasteiger partial charge in [-0.1, -0.05) is 0 Å². The van der Waals surface area contributed by atoms with Crippen LogP contribution in [-0.4, -0.2) is 25.7 Å². The molecule has 0 spiro atoms. The molecular weight excluding hydrogens is 142 g/mol. The molecule has 1 fully saturated rings. The fraction of sp³-hybridized carbons (Fsp3) is 0.875. The predicted octanol–water partition coefficient (Wildman–Crippen LogP) is 0.547. The molecule has 0 aliphatic carbocycles. The van der Waals surface area contributed by atoms with Gasteiger partial charge in [-0.25, -0.2) is 0 Å². The summed E-state index contributed by atoms with van der Waals surface area (Å²) in [7, 11) is 1.44. The molecule has 0 aromatic carbocycles. The Bertz CT molecular complexity index is 139. The third kappa shape index (κ3) is 2.19. The second kappa shape index (κ2) is 3.72. The zero-order valence-corrected chi connectivity index (χ0v) is 7.09. The Labute approximate surface area is 67.1 Å². The van der Waals surface area contributed by atoms with Gasteiger partial charge in [0, 0.05) is 12.6 Å². The van der Waals surface area contributed by atoms with Crippen LogP contribution in [0.25, 0.3) is 0 Å². The van der Waals surface area contributed by atoms with E-state index in [2.05, 4.69) is 17.0 Å². The fourth-order valence-electron chi connectivity index (χ4n) is 1.37. The van der Waals surface area contributed by atoms with Crippen LogP contribution in [0.4, 0.5) is 0 Å². The number of esters is 1. The number of nitrogens with one attached hydrogen (secondary N) is 1. The molecular formula is C8H15NO2. The highest BCUT2D eigenvalue weighted by Crippen LogP contribution is 2.14. The maximum atomic E-state index is 11.0. The molecule has 3 heteroatoms. The Hall–Kier alpha value is -0.570. The first-order valence-corrected chi connectivity index (χ1v) is 4.05. The summed E-state index contributed by atoms with van der Waals surface area (Å²) in [5, 5.41) is 3.25. The van der Waals surface area contributed by atoms with E-state index >= 15 is 0 Å². The van der Waals surface area contributed by atoms with Crippen LogP contribution in [-0.2, 0) is 9.53 Å². The van der Waals surface area contributed by atoms with Crippen molar-refractivity contribution >= 4 is 5.97 Å². The van der Waals surface area contributed by atoms with Crippen LogP contribution in [0.1, 0.15) is 19.8 Å². The van der Waals surface area contributed by atoms with Gasteiger partial charge in [-0.2, -0.15) is 0 Å². The van der Waals surface area contributed by atoms with E-state index in [4.69, 9.17) is 0 Å². The average molecular weight is 157 g/mol. The van der Waals surface area contributed by atoms with Gasteiger partial charge < -0.3 is 10.1 Å². The van der Waals surface area contributed by atoms with Crippen LogP contribution < -0.4 is 5.32 Å². The third-order valence-corrected chi connectivity index (χ3v) is 2.20. The normalized spacial score (nSPS) is 31.5. The highest BCUT2D eigenvalue weighted by molar-refractivity contribution is 5.72. The first-order chi connectivity index (χ1) is 5.24. The minimum Gasteiger partial charge on any atom is -0.469 e. The third-order valence-electron chi connectivity index (χ3n) is 2.20. The molecule has 0 radical (unpaired) electrons. The Balaban J connectivity index is 2.33. The minimum absolute atomic E-state index is 0.0793. The van der Waals surface area contributed by atoms with Gasteiger partial charge in [-0.3, -0.25) is 4.79 Å². The summed E-state index contributed by atoms with van der Waals surface area (Å²) in [6, 6.07) is 0.552. The number of hydrogen-bond acceptors (Lipinski definition) is 3. The van der Waals surface area contributed by atoms with Crippen LogP contribution in [0.2, 0.25) is 0 Å². The zero-order chi connectivity index (χ0) is 8.27. The molecule has 64 valence electrons. The lowest BCUT2D eigenvalue weighted by atomic mass is 9.96. The predicted molar refractivity (Wildman–Crippen MR) is 42.2 cm³/mol. The summed E-state index contributed by atoms with van der Waals surface area (Å²) < 4.78 is 4.65. The molecule has 1 aliphatic rings. The van der Waals surface area contributed by atoms with Crippen LogP contribution in [0.5, 0.6) is 0 Å².